The van der Waals surface area contributed by atoms with Gasteiger partial charge in [-0.15, -0.1) is 0 Å². The van der Waals surface area contributed by atoms with E-state index in [-0.39, 0.29) is 84.9 Å². The number of hydrogen-bond acceptors (Lipinski definition) is 19. The van der Waals surface area contributed by atoms with Crippen LogP contribution in [0.15, 0.2) is 101 Å². The van der Waals surface area contributed by atoms with Crippen molar-refractivity contribution < 1.29 is 46.4 Å². The van der Waals surface area contributed by atoms with Crippen molar-refractivity contribution in [3.05, 3.63) is 119 Å². The van der Waals surface area contributed by atoms with Gasteiger partial charge in [-0.05, 0) is 87.7 Å². The van der Waals surface area contributed by atoms with Crippen molar-refractivity contribution in [3.8, 4) is 0 Å². The minimum Gasteiger partial charge on any atom is -0.394 e. The smallest absolute Gasteiger partial charge is 0.295 e. The highest BCUT2D eigenvalue weighted by Gasteiger charge is 2.23. The Morgan fingerprint density at radius 2 is 1.04 bits per heavy atom. The van der Waals surface area contributed by atoms with Gasteiger partial charge in [-0.1, -0.05) is 72.3 Å². The fourth-order valence-electron chi connectivity index (χ4n) is 6.94. The number of nitrogens with zero attached hydrogens (tertiary/aromatic N) is 8. The lowest BCUT2D eigenvalue weighted by Crippen LogP contribution is -2.41. The summed E-state index contributed by atoms with van der Waals surface area (Å²) in [5.74, 6) is 0.542. The first kappa shape index (κ1) is 51.7. The summed E-state index contributed by atoms with van der Waals surface area (Å²) in [6.07, 6.45) is 0.309. The van der Waals surface area contributed by atoms with Crippen LogP contribution in [0.1, 0.15) is 55.8 Å². The van der Waals surface area contributed by atoms with Gasteiger partial charge in [0.05, 0.1) is 31.0 Å². The molecule has 23 heteroatoms. The predicted octanol–water partition coefficient (Wildman–Crippen LogP) is 4.99. The van der Waals surface area contributed by atoms with Gasteiger partial charge in [0.2, 0.25) is 29.7 Å². The first-order valence-electron chi connectivity index (χ1n) is 21.6. The first-order chi connectivity index (χ1) is 32.6. The number of nitrogens with one attached hydrogen (secondary N) is 3. The zero-order valence-electron chi connectivity index (χ0n) is 38.4. The van der Waals surface area contributed by atoms with E-state index in [0.717, 1.165) is 23.3 Å². The van der Waals surface area contributed by atoms with Gasteiger partial charge in [-0.2, -0.15) is 46.7 Å². The summed E-state index contributed by atoms with van der Waals surface area (Å²) < 4.78 is 72.2. The lowest BCUT2D eigenvalue weighted by atomic mass is 10.1. The van der Waals surface area contributed by atoms with Crippen LogP contribution < -0.4 is 25.8 Å². The molecule has 0 saturated carbocycles. The Morgan fingerprint density at radius 3 is 1.52 bits per heavy atom. The average Bonchev–Trinajstić information content (AvgIpc) is 3.27. The molecule has 0 spiro atoms. The number of aliphatic hydroxyl groups excluding tert-OH is 4. The van der Waals surface area contributed by atoms with Gasteiger partial charge < -0.3 is 46.2 Å². The molecule has 0 fully saturated rings. The summed E-state index contributed by atoms with van der Waals surface area (Å²) in [5.41, 5.74) is 2.67. The lowest BCUT2D eigenvalue weighted by Gasteiger charge is -2.29. The van der Waals surface area contributed by atoms with Crippen LogP contribution in [0.5, 0.6) is 0 Å². The van der Waals surface area contributed by atoms with Crippen molar-refractivity contribution in [2.75, 3.05) is 52.0 Å². The molecule has 0 bridgehead atoms. The Balaban J connectivity index is 1.33. The zero-order valence-corrected chi connectivity index (χ0v) is 40.0. The highest BCUT2D eigenvalue weighted by Crippen LogP contribution is 2.29. The Labute approximate surface area is 400 Å². The topological polar surface area (TPSA) is 310 Å². The molecule has 0 aliphatic rings. The van der Waals surface area contributed by atoms with Crippen molar-refractivity contribution in [3.63, 3.8) is 0 Å². The van der Waals surface area contributed by atoms with Gasteiger partial charge in [0.25, 0.3) is 20.2 Å². The highest BCUT2D eigenvalue weighted by molar-refractivity contribution is 7.86. The summed E-state index contributed by atoms with van der Waals surface area (Å²) in [7, 11) is -9.85. The molecule has 0 saturated heterocycles. The number of hydrogen-bond donors (Lipinski definition) is 9. The molecule has 0 amide bonds. The van der Waals surface area contributed by atoms with Crippen LogP contribution in [0.4, 0.5) is 46.8 Å². The number of aliphatic hydroxyl groups is 4. The van der Waals surface area contributed by atoms with Gasteiger partial charge in [0.1, 0.15) is 15.6 Å². The molecule has 4 atom stereocenters. The maximum absolute atomic E-state index is 12.8. The molecule has 4 aromatic carbocycles. The average molecular weight is 986 g/mol. The SMILES string of the molecule is Cc1ccc(Nc2nc(Nc3ccc(C=Cc4ccc(Nc5nc(Cc6ccccc6)nc(N(CC(C)O)CC(C)O)n5)cc4S(=O)(=O)O)c(S(=O)(=O)O)c3)nc(N(CC(C)O)C(C)CO)n2)cc1. The summed E-state index contributed by atoms with van der Waals surface area (Å²) >= 11 is 0. The Kier molecular flexibility index (Phi) is 16.9. The number of rotatable bonds is 22. The van der Waals surface area contributed by atoms with Crippen molar-refractivity contribution in [2.24, 2.45) is 0 Å². The first-order valence-corrected chi connectivity index (χ1v) is 24.5. The van der Waals surface area contributed by atoms with Gasteiger partial charge in [-0.3, -0.25) is 9.11 Å². The van der Waals surface area contributed by atoms with E-state index in [1.165, 1.54) is 36.4 Å². The van der Waals surface area contributed by atoms with E-state index in [2.05, 4.69) is 45.9 Å². The molecular formula is C46H55N11O10S2. The molecule has 69 heavy (non-hydrogen) atoms. The van der Waals surface area contributed by atoms with Gasteiger partial charge >= 0.3 is 0 Å². The fourth-order valence-corrected chi connectivity index (χ4v) is 8.35. The van der Waals surface area contributed by atoms with E-state index >= 15 is 0 Å². The maximum atomic E-state index is 12.8. The third kappa shape index (κ3) is 14.9. The van der Waals surface area contributed by atoms with Crippen molar-refractivity contribution in [1.82, 2.24) is 29.9 Å². The molecular weight excluding hydrogens is 931 g/mol. The lowest BCUT2D eigenvalue weighted by molar-refractivity contribution is 0.177. The van der Waals surface area contributed by atoms with E-state index in [1.807, 2.05) is 61.5 Å². The van der Waals surface area contributed by atoms with Crippen LogP contribution in [0, 0.1) is 6.92 Å². The molecule has 6 rings (SSSR count). The van der Waals surface area contributed by atoms with Crippen molar-refractivity contribution >= 4 is 79.2 Å². The van der Waals surface area contributed by atoms with Gasteiger partial charge in [-0.25, -0.2) is 0 Å². The molecule has 0 aliphatic heterocycles. The minimum atomic E-state index is -4.93. The number of benzene rings is 4. The summed E-state index contributed by atoms with van der Waals surface area (Å²) in [6, 6.07) is 24.1. The molecule has 2 heterocycles. The van der Waals surface area contributed by atoms with Crippen molar-refractivity contribution in [1.29, 1.82) is 0 Å². The molecule has 366 valence electrons. The fraction of sp³-hybridized carbons (Fsp3) is 0.304. The molecule has 6 aromatic rings. The number of aromatic nitrogens is 6. The number of aryl methyl sites for hydroxylation is 1. The second kappa shape index (κ2) is 22.6. The minimum absolute atomic E-state index is 0.00728. The predicted molar refractivity (Wildman–Crippen MR) is 263 cm³/mol. The second-order valence-corrected chi connectivity index (χ2v) is 19.3. The van der Waals surface area contributed by atoms with E-state index in [4.69, 9.17) is 0 Å². The third-order valence-electron chi connectivity index (χ3n) is 10.1. The highest BCUT2D eigenvalue weighted by atomic mass is 32.2. The molecule has 21 nitrogen and oxygen atoms in total. The monoisotopic (exact) mass is 985 g/mol. The van der Waals surface area contributed by atoms with Crippen LogP contribution in [0.3, 0.4) is 0 Å². The van der Waals surface area contributed by atoms with E-state index in [1.54, 1.807) is 37.5 Å². The summed E-state index contributed by atoms with van der Waals surface area (Å²) in [4.78, 5) is 29.2. The third-order valence-corrected chi connectivity index (χ3v) is 11.9. The van der Waals surface area contributed by atoms with Gasteiger partial charge in [0, 0.05) is 43.1 Å². The standard InChI is InChI=1S/C46H55N11O10S2/c1-28-11-17-36(18-12-28)47-43-52-44(55-46(54-43)57(26-32(5)61)29(2)27-58)49-38-20-16-35(40(23-38)69(65,66)67)14-13-34-15-19-37(22-39(34)68(62,63)64)48-42-50-41(21-33-9-7-6-8-10-33)51-45(53-42)56(24-30(3)59)25-31(4)60/h6-20,22-23,29-32,58-61H,21,24-27H2,1-5H3,(H,62,63,64)(H,65,66,67)(H,48,50,51,53)(H2,47,49,52,54,55). The molecule has 2 aromatic heterocycles. The maximum Gasteiger partial charge on any atom is 0.295 e. The second-order valence-electron chi connectivity index (χ2n) is 16.5. The van der Waals surface area contributed by atoms with Crippen LogP contribution in [0.2, 0.25) is 0 Å². The zero-order chi connectivity index (χ0) is 50.0. The van der Waals surface area contributed by atoms with Crippen LogP contribution in [-0.2, 0) is 26.7 Å². The molecule has 0 aliphatic carbocycles. The van der Waals surface area contributed by atoms with Crippen LogP contribution in [-0.4, -0.2) is 127 Å². The molecule has 0 radical (unpaired) electrons. The van der Waals surface area contributed by atoms with E-state index in [9.17, 15) is 46.4 Å². The molecule has 4 unspecified atom stereocenters. The largest absolute Gasteiger partial charge is 0.394 e. The van der Waals surface area contributed by atoms with Crippen LogP contribution in [0.25, 0.3) is 12.2 Å². The van der Waals surface area contributed by atoms with Crippen molar-refractivity contribution in [2.45, 2.75) is 75.2 Å². The summed E-state index contributed by atoms with van der Waals surface area (Å²) in [6.45, 7) is 8.29. The summed E-state index contributed by atoms with van der Waals surface area (Å²) in [5, 5.41) is 49.8. The van der Waals surface area contributed by atoms with Crippen LogP contribution >= 0.6 is 0 Å². The van der Waals surface area contributed by atoms with E-state index < -0.39 is 54.4 Å². The van der Waals surface area contributed by atoms with Gasteiger partial charge in [0.15, 0.2) is 0 Å². The quantitative estimate of drug-likeness (QED) is 0.0320. The molecule has 9 N–H and O–H groups in total. The Bertz CT molecular complexity index is 2960. The number of anilines is 8. The Hall–Kier alpha value is -6.70. The van der Waals surface area contributed by atoms with E-state index in [0.29, 0.717) is 11.5 Å². The Morgan fingerprint density at radius 1 is 0.580 bits per heavy atom. The normalized spacial score (nSPS) is 13.7.